The van der Waals surface area contributed by atoms with Gasteiger partial charge in [0.05, 0.1) is 7.11 Å². The number of Topliss-reactive ketones (excluding diaryl/α,β-unsaturated/α-hetero) is 1. The summed E-state index contributed by atoms with van der Waals surface area (Å²) in [6, 6.07) is 17.9. The van der Waals surface area contributed by atoms with E-state index in [2.05, 4.69) is 15.6 Å². The summed E-state index contributed by atoms with van der Waals surface area (Å²) in [5, 5.41) is 6.03. The van der Waals surface area contributed by atoms with Gasteiger partial charge in [0, 0.05) is 29.6 Å². The molecule has 28 heavy (non-hydrogen) atoms. The molecule has 0 radical (unpaired) electrons. The van der Waals surface area contributed by atoms with Crippen molar-refractivity contribution >= 4 is 23.2 Å². The van der Waals surface area contributed by atoms with Crippen molar-refractivity contribution in [2.24, 2.45) is 0 Å². The highest BCUT2D eigenvalue weighted by molar-refractivity contribution is 6.05. The number of benzene rings is 2. The number of aromatic nitrogens is 1. The van der Waals surface area contributed by atoms with E-state index in [4.69, 9.17) is 4.74 Å². The van der Waals surface area contributed by atoms with E-state index in [1.165, 1.54) is 6.92 Å². The van der Waals surface area contributed by atoms with Gasteiger partial charge in [0.1, 0.15) is 11.6 Å². The van der Waals surface area contributed by atoms with Crippen molar-refractivity contribution in [3.63, 3.8) is 0 Å². The molecular weight excluding hydrogens is 354 g/mol. The van der Waals surface area contributed by atoms with Crippen molar-refractivity contribution in [3.8, 4) is 5.75 Å². The number of nitrogens with one attached hydrogen (secondary N) is 2. The van der Waals surface area contributed by atoms with Crippen molar-refractivity contribution in [3.05, 3.63) is 83.6 Å². The standard InChI is InChI=1S/C22H21N3O3/c1-15(26)17-5-7-19(8-6-17)25-22(27)18-11-12-23-21(13-18)24-14-16-3-9-20(28-2)10-4-16/h3-13H,14H2,1-2H3,(H,23,24)(H,25,27). The van der Waals surface area contributed by atoms with Crippen LogP contribution in [0.4, 0.5) is 11.5 Å². The Bertz CT molecular complexity index is 967. The molecule has 0 aliphatic rings. The zero-order valence-electron chi connectivity index (χ0n) is 15.7. The minimum absolute atomic E-state index is 0.0143. The Morgan fingerprint density at radius 3 is 2.32 bits per heavy atom. The molecule has 1 aromatic heterocycles. The molecule has 0 aliphatic heterocycles. The van der Waals surface area contributed by atoms with Gasteiger partial charge in [-0.1, -0.05) is 12.1 Å². The van der Waals surface area contributed by atoms with Gasteiger partial charge in [0.25, 0.3) is 5.91 Å². The third-order valence-electron chi connectivity index (χ3n) is 4.20. The fraction of sp³-hybridized carbons (Fsp3) is 0.136. The number of anilines is 2. The summed E-state index contributed by atoms with van der Waals surface area (Å²) >= 11 is 0. The molecule has 0 saturated heterocycles. The highest BCUT2D eigenvalue weighted by atomic mass is 16.5. The number of hydrogen-bond donors (Lipinski definition) is 2. The number of amides is 1. The predicted molar refractivity (Wildman–Crippen MR) is 109 cm³/mol. The third kappa shape index (κ3) is 4.94. The lowest BCUT2D eigenvalue weighted by Crippen LogP contribution is -2.13. The lowest BCUT2D eigenvalue weighted by molar-refractivity contribution is 0.101. The Balaban J connectivity index is 1.62. The summed E-state index contributed by atoms with van der Waals surface area (Å²) < 4.78 is 5.15. The molecule has 3 rings (SSSR count). The summed E-state index contributed by atoms with van der Waals surface area (Å²) in [6.07, 6.45) is 1.59. The van der Waals surface area contributed by atoms with Gasteiger partial charge in [-0.2, -0.15) is 0 Å². The molecule has 0 bridgehead atoms. The quantitative estimate of drug-likeness (QED) is 0.606. The second-order valence-corrected chi connectivity index (χ2v) is 6.22. The van der Waals surface area contributed by atoms with E-state index in [-0.39, 0.29) is 11.7 Å². The van der Waals surface area contributed by atoms with Crippen molar-refractivity contribution in [1.29, 1.82) is 0 Å². The summed E-state index contributed by atoms with van der Waals surface area (Å²) in [4.78, 5) is 28.1. The SMILES string of the molecule is COc1ccc(CNc2cc(C(=O)Nc3ccc(C(C)=O)cc3)ccn2)cc1. The van der Waals surface area contributed by atoms with E-state index in [0.717, 1.165) is 11.3 Å². The van der Waals surface area contributed by atoms with Gasteiger partial charge in [-0.15, -0.1) is 0 Å². The largest absolute Gasteiger partial charge is 0.497 e. The average Bonchev–Trinajstić information content (AvgIpc) is 2.73. The third-order valence-corrected chi connectivity index (χ3v) is 4.20. The van der Waals surface area contributed by atoms with E-state index < -0.39 is 0 Å². The van der Waals surface area contributed by atoms with Crippen LogP contribution >= 0.6 is 0 Å². The molecule has 0 fully saturated rings. The number of carbonyl (C=O) groups excluding carboxylic acids is 2. The zero-order chi connectivity index (χ0) is 19.9. The summed E-state index contributed by atoms with van der Waals surface area (Å²) in [7, 11) is 1.63. The van der Waals surface area contributed by atoms with Crippen LogP contribution in [0, 0.1) is 0 Å². The monoisotopic (exact) mass is 375 g/mol. The number of carbonyl (C=O) groups is 2. The van der Waals surface area contributed by atoms with Crippen LogP contribution in [0.5, 0.6) is 5.75 Å². The number of rotatable bonds is 7. The van der Waals surface area contributed by atoms with Gasteiger partial charge in [-0.05, 0) is 61.0 Å². The minimum atomic E-state index is -0.245. The molecule has 1 amide bonds. The normalized spacial score (nSPS) is 10.2. The van der Waals surface area contributed by atoms with Crippen LogP contribution in [0.3, 0.4) is 0 Å². The first-order valence-electron chi connectivity index (χ1n) is 8.80. The molecule has 3 aromatic rings. The Morgan fingerprint density at radius 2 is 1.68 bits per heavy atom. The predicted octanol–water partition coefficient (Wildman–Crippen LogP) is 4.16. The maximum absolute atomic E-state index is 12.5. The number of ketones is 1. The maximum atomic E-state index is 12.5. The lowest BCUT2D eigenvalue weighted by atomic mass is 10.1. The minimum Gasteiger partial charge on any atom is -0.497 e. The smallest absolute Gasteiger partial charge is 0.255 e. The molecule has 0 saturated carbocycles. The van der Waals surface area contributed by atoms with Crippen LogP contribution in [0.25, 0.3) is 0 Å². The van der Waals surface area contributed by atoms with Crippen molar-refractivity contribution in [1.82, 2.24) is 4.98 Å². The van der Waals surface area contributed by atoms with Gasteiger partial charge < -0.3 is 15.4 Å². The van der Waals surface area contributed by atoms with Crippen LogP contribution < -0.4 is 15.4 Å². The first kappa shape index (κ1) is 19.1. The van der Waals surface area contributed by atoms with Crippen LogP contribution in [0.2, 0.25) is 0 Å². The number of pyridine rings is 1. The van der Waals surface area contributed by atoms with Crippen molar-refractivity contribution in [2.45, 2.75) is 13.5 Å². The Hall–Kier alpha value is -3.67. The number of methoxy groups -OCH3 is 1. The van der Waals surface area contributed by atoms with E-state index in [9.17, 15) is 9.59 Å². The Labute approximate surface area is 163 Å². The van der Waals surface area contributed by atoms with Crippen LogP contribution in [0.1, 0.15) is 33.2 Å². The van der Waals surface area contributed by atoms with Gasteiger partial charge in [0.15, 0.2) is 5.78 Å². The highest BCUT2D eigenvalue weighted by Crippen LogP contribution is 2.15. The molecule has 2 aromatic carbocycles. The average molecular weight is 375 g/mol. The number of hydrogen-bond acceptors (Lipinski definition) is 5. The van der Waals surface area contributed by atoms with E-state index in [1.807, 2.05) is 24.3 Å². The van der Waals surface area contributed by atoms with E-state index in [0.29, 0.717) is 29.2 Å². The van der Waals surface area contributed by atoms with Gasteiger partial charge in [-0.25, -0.2) is 4.98 Å². The molecule has 2 N–H and O–H groups in total. The lowest BCUT2D eigenvalue weighted by Gasteiger charge is -2.09. The molecule has 0 aliphatic carbocycles. The van der Waals surface area contributed by atoms with E-state index >= 15 is 0 Å². The first-order valence-corrected chi connectivity index (χ1v) is 8.80. The number of ether oxygens (including phenoxy) is 1. The number of nitrogens with zero attached hydrogens (tertiary/aromatic N) is 1. The van der Waals surface area contributed by atoms with Gasteiger partial charge in [-0.3, -0.25) is 9.59 Å². The van der Waals surface area contributed by atoms with Gasteiger partial charge in [0.2, 0.25) is 0 Å². The van der Waals surface area contributed by atoms with Crippen molar-refractivity contribution in [2.75, 3.05) is 17.7 Å². The fourth-order valence-corrected chi connectivity index (χ4v) is 2.60. The topological polar surface area (TPSA) is 80.3 Å². The zero-order valence-corrected chi connectivity index (χ0v) is 15.7. The fourth-order valence-electron chi connectivity index (χ4n) is 2.60. The Morgan fingerprint density at radius 1 is 0.964 bits per heavy atom. The molecule has 0 spiro atoms. The van der Waals surface area contributed by atoms with E-state index in [1.54, 1.807) is 49.7 Å². The molecule has 1 heterocycles. The molecule has 0 atom stereocenters. The summed E-state index contributed by atoms with van der Waals surface area (Å²) in [5.74, 6) is 1.15. The Kier molecular flexibility index (Phi) is 6.01. The van der Waals surface area contributed by atoms with Crippen molar-refractivity contribution < 1.29 is 14.3 Å². The highest BCUT2D eigenvalue weighted by Gasteiger charge is 2.08. The molecule has 142 valence electrons. The second kappa shape index (κ2) is 8.81. The molecule has 0 unspecified atom stereocenters. The molecule has 6 heteroatoms. The summed E-state index contributed by atoms with van der Waals surface area (Å²) in [5.41, 5.74) is 2.79. The molecule has 6 nitrogen and oxygen atoms in total. The second-order valence-electron chi connectivity index (χ2n) is 6.22. The van der Waals surface area contributed by atoms with Crippen LogP contribution in [0.15, 0.2) is 66.9 Å². The summed E-state index contributed by atoms with van der Waals surface area (Å²) in [6.45, 7) is 2.08. The van der Waals surface area contributed by atoms with Gasteiger partial charge >= 0.3 is 0 Å². The van der Waals surface area contributed by atoms with Crippen LogP contribution in [-0.4, -0.2) is 23.8 Å². The first-order chi connectivity index (χ1) is 13.5. The molecular formula is C22H21N3O3. The van der Waals surface area contributed by atoms with Crippen LogP contribution in [-0.2, 0) is 6.54 Å². The maximum Gasteiger partial charge on any atom is 0.255 e.